The Morgan fingerprint density at radius 1 is 1.27 bits per heavy atom. The molecule has 136 valence electrons. The van der Waals surface area contributed by atoms with E-state index in [0.717, 1.165) is 5.56 Å². The van der Waals surface area contributed by atoms with Crippen LogP contribution in [0.4, 0.5) is 14.9 Å². The highest BCUT2D eigenvalue weighted by atomic mass is 19.1. The Balaban J connectivity index is 1.38. The topological polar surface area (TPSA) is 65.5 Å². The zero-order chi connectivity index (χ0) is 18.1. The number of urea groups is 1. The van der Waals surface area contributed by atoms with Gasteiger partial charge in [-0.05, 0) is 50.3 Å². The van der Waals surface area contributed by atoms with Gasteiger partial charge >= 0.3 is 6.03 Å². The van der Waals surface area contributed by atoms with E-state index in [4.69, 9.17) is 0 Å². The number of nitrogens with one attached hydrogen (secondary N) is 1. The Bertz CT molecular complexity index is 804. The largest absolute Gasteiger partial charge is 0.385 e. The molecular weight excluding hydrogens is 333 g/mol. The molecule has 1 aliphatic carbocycles. The number of nitrogens with zero attached hydrogens (tertiary/aromatic N) is 2. The van der Waals surface area contributed by atoms with E-state index in [1.165, 1.54) is 6.07 Å². The van der Waals surface area contributed by atoms with Crippen LogP contribution in [-0.2, 0) is 12.0 Å². The second-order valence-corrected chi connectivity index (χ2v) is 7.14. The minimum atomic E-state index is -0.876. The zero-order valence-electron chi connectivity index (χ0n) is 14.5. The first-order valence-electron chi connectivity index (χ1n) is 9.05. The van der Waals surface area contributed by atoms with Gasteiger partial charge in [0.2, 0.25) is 0 Å². The Morgan fingerprint density at radius 3 is 2.81 bits per heavy atom. The molecule has 6 heteroatoms. The van der Waals surface area contributed by atoms with Crippen molar-refractivity contribution >= 4 is 11.7 Å². The summed E-state index contributed by atoms with van der Waals surface area (Å²) in [6.07, 6.45) is 6.48. The zero-order valence-corrected chi connectivity index (χ0v) is 14.5. The summed E-state index contributed by atoms with van der Waals surface area (Å²) in [5, 5.41) is 13.9. The van der Waals surface area contributed by atoms with Crippen LogP contribution in [0, 0.1) is 5.82 Å². The van der Waals surface area contributed by atoms with Gasteiger partial charge in [0.15, 0.2) is 0 Å². The molecule has 1 saturated carbocycles. The van der Waals surface area contributed by atoms with E-state index < -0.39 is 5.60 Å². The first kappa shape index (κ1) is 17.0. The summed E-state index contributed by atoms with van der Waals surface area (Å²) in [4.78, 5) is 18.3. The van der Waals surface area contributed by atoms with Crippen molar-refractivity contribution < 1.29 is 14.3 Å². The average molecular weight is 355 g/mol. The van der Waals surface area contributed by atoms with E-state index in [1.54, 1.807) is 29.4 Å². The highest BCUT2D eigenvalue weighted by molar-refractivity contribution is 5.94. The van der Waals surface area contributed by atoms with E-state index in [2.05, 4.69) is 10.3 Å². The molecule has 0 bridgehead atoms. The number of amides is 2. The Kier molecular flexibility index (Phi) is 4.36. The lowest BCUT2D eigenvalue weighted by Crippen LogP contribution is -2.47. The molecule has 2 aromatic rings. The first-order chi connectivity index (χ1) is 12.6. The average Bonchev–Trinajstić information content (AvgIpc) is 3.10. The molecule has 1 aliphatic heterocycles. The molecule has 1 fully saturated rings. The summed E-state index contributed by atoms with van der Waals surface area (Å²) in [5.41, 5.74) is 1.22. The van der Waals surface area contributed by atoms with Gasteiger partial charge in [-0.1, -0.05) is 12.1 Å². The standard InChI is InChI=1S/C20H22FN3O2/c21-17-4-1-5-18-16(17)8-12-24(18)19(25)23-15-6-9-20(26,10-7-15)14-3-2-11-22-13-14/h1-5,11,13,15,26H,6-10,12H2,(H,23,25). The van der Waals surface area contributed by atoms with Crippen LogP contribution in [0.2, 0.25) is 0 Å². The van der Waals surface area contributed by atoms with Gasteiger partial charge < -0.3 is 10.4 Å². The molecule has 0 radical (unpaired) electrons. The molecule has 0 saturated heterocycles. The third-order valence-corrected chi connectivity index (χ3v) is 5.55. The van der Waals surface area contributed by atoms with Crippen LogP contribution in [0.3, 0.4) is 0 Å². The molecule has 2 N–H and O–H groups in total. The van der Waals surface area contributed by atoms with Crippen LogP contribution < -0.4 is 10.2 Å². The quantitative estimate of drug-likeness (QED) is 0.870. The van der Waals surface area contributed by atoms with Crippen LogP contribution in [0.25, 0.3) is 0 Å². The number of rotatable bonds is 2. The number of fused-ring (bicyclic) bond motifs is 1. The molecule has 26 heavy (non-hydrogen) atoms. The first-order valence-corrected chi connectivity index (χ1v) is 9.05. The van der Waals surface area contributed by atoms with Crippen molar-refractivity contribution in [2.75, 3.05) is 11.4 Å². The lowest BCUT2D eigenvalue weighted by Gasteiger charge is -2.37. The van der Waals surface area contributed by atoms with Crippen LogP contribution in [0.1, 0.15) is 36.8 Å². The highest BCUT2D eigenvalue weighted by Crippen LogP contribution is 2.37. The Morgan fingerprint density at radius 2 is 2.08 bits per heavy atom. The second-order valence-electron chi connectivity index (χ2n) is 7.14. The summed E-state index contributed by atoms with van der Waals surface area (Å²) in [6.45, 7) is 0.494. The number of carbonyl (C=O) groups is 1. The van der Waals surface area contributed by atoms with Crippen molar-refractivity contribution in [1.82, 2.24) is 10.3 Å². The third kappa shape index (κ3) is 3.05. The second kappa shape index (κ2) is 6.68. The van der Waals surface area contributed by atoms with Crippen LogP contribution in [0.5, 0.6) is 0 Å². The molecule has 1 aromatic carbocycles. The minimum absolute atomic E-state index is 0.0112. The smallest absolute Gasteiger partial charge is 0.322 e. The monoisotopic (exact) mass is 355 g/mol. The van der Waals surface area contributed by atoms with Gasteiger partial charge in [0.1, 0.15) is 5.82 Å². The normalized spacial score (nSPS) is 25.0. The van der Waals surface area contributed by atoms with Gasteiger partial charge in [-0.25, -0.2) is 9.18 Å². The number of halogens is 1. The SMILES string of the molecule is O=C(NC1CCC(O)(c2cccnc2)CC1)N1CCc2c(F)cccc21. The fourth-order valence-corrected chi connectivity index (χ4v) is 4.02. The summed E-state index contributed by atoms with van der Waals surface area (Å²) in [6, 6.07) is 8.39. The van der Waals surface area contributed by atoms with Gasteiger partial charge in [0.25, 0.3) is 0 Å². The van der Waals surface area contributed by atoms with Gasteiger partial charge in [-0.15, -0.1) is 0 Å². The predicted molar refractivity (Wildman–Crippen MR) is 96.4 cm³/mol. The lowest BCUT2D eigenvalue weighted by atomic mass is 9.78. The van der Waals surface area contributed by atoms with Crippen LogP contribution >= 0.6 is 0 Å². The molecule has 2 aliphatic rings. The van der Waals surface area contributed by atoms with E-state index in [9.17, 15) is 14.3 Å². The summed E-state index contributed by atoms with van der Waals surface area (Å²) >= 11 is 0. The summed E-state index contributed by atoms with van der Waals surface area (Å²) in [5.74, 6) is -0.253. The molecule has 0 atom stereocenters. The number of pyridine rings is 1. The van der Waals surface area contributed by atoms with Crippen molar-refractivity contribution in [2.24, 2.45) is 0 Å². The number of aliphatic hydroxyl groups is 1. The number of carbonyl (C=O) groups excluding carboxylic acids is 1. The van der Waals surface area contributed by atoms with Crippen molar-refractivity contribution in [3.63, 3.8) is 0 Å². The van der Waals surface area contributed by atoms with Gasteiger partial charge in [-0.2, -0.15) is 0 Å². The molecule has 0 unspecified atom stereocenters. The Labute approximate surface area is 151 Å². The van der Waals surface area contributed by atoms with E-state index in [-0.39, 0.29) is 17.9 Å². The maximum atomic E-state index is 13.8. The lowest BCUT2D eigenvalue weighted by molar-refractivity contribution is -0.00753. The van der Waals surface area contributed by atoms with Crippen molar-refractivity contribution in [1.29, 1.82) is 0 Å². The molecular formula is C20H22FN3O2. The number of benzene rings is 1. The minimum Gasteiger partial charge on any atom is -0.385 e. The van der Waals surface area contributed by atoms with Crippen molar-refractivity contribution in [3.05, 3.63) is 59.7 Å². The van der Waals surface area contributed by atoms with Gasteiger partial charge in [0, 0.05) is 36.1 Å². The number of anilines is 1. The summed E-state index contributed by atoms with van der Waals surface area (Å²) < 4.78 is 13.8. The van der Waals surface area contributed by atoms with Crippen molar-refractivity contribution in [3.8, 4) is 0 Å². The number of hydrogen-bond donors (Lipinski definition) is 2. The van der Waals surface area contributed by atoms with Crippen LogP contribution in [0.15, 0.2) is 42.7 Å². The van der Waals surface area contributed by atoms with E-state index >= 15 is 0 Å². The van der Waals surface area contributed by atoms with Crippen LogP contribution in [-0.4, -0.2) is 28.7 Å². The third-order valence-electron chi connectivity index (χ3n) is 5.55. The molecule has 4 rings (SSSR count). The molecule has 0 spiro atoms. The molecule has 2 heterocycles. The van der Waals surface area contributed by atoms with E-state index in [0.29, 0.717) is 49.9 Å². The highest BCUT2D eigenvalue weighted by Gasteiger charge is 2.36. The maximum absolute atomic E-state index is 13.8. The van der Waals surface area contributed by atoms with Crippen molar-refractivity contribution in [2.45, 2.75) is 43.7 Å². The summed E-state index contributed by atoms with van der Waals surface area (Å²) in [7, 11) is 0. The Hall–Kier alpha value is -2.47. The van der Waals surface area contributed by atoms with Gasteiger partial charge in [0.05, 0.1) is 11.3 Å². The number of hydrogen-bond acceptors (Lipinski definition) is 3. The predicted octanol–water partition coefficient (Wildman–Crippen LogP) is 3.12. The fourth-order valence-electron chi connectivity index (χ4n) is 4.02. The van der Waals surface area contributed by atoms with E-state index in [1.807, 2.05) is 12.1 Å². The molecule has 2 amide bonds. The maximum Gasteiger partial charge on any atom is 0.322 e. The molecule has 5 nitrogen and oxygen atoms in total. The molecule has 1 aromatic heterocycles. The fraction of sp³-hybridized carbons (Fsp3) is 0.400. The number of aromatic nitrogens is 1. The van der Waals surface area contributed by atoms with Gasteiger partial charge in [-0.3, -0.25) is 9.88 Å².